The molecule has 2 rings (SSSR count). The quantitative estimate of drug-likeness (QED) is 0.570. The molecule has 0 aliphatic carbocycles. The highest BCUT2D eigenvalue weighted by Crippen LogP contribution is 2.16. The highest BCUT2D eigenvalue weighted by molar-refractivity contribution is 5.96. The van der Waals surface area contributed by atoms with Crippen LogP contribution < -0.4 is 20.3 Å². The summed E-state index contributed by atoms with van der Waals surface area (Å²) in [6.45, 7) is 4.37. The second-order valence-corrected chi connectivity index (χ2v) is 6.42. The first-order valence-corrected chi connectivity index (χ1v) is 9.09. The van der Waals surface area contributed by atoms with Crippen LogP contribution in [0.1, 0.15) is 24.2 Å². The first-order chi connectivity index (χ1) is 13.4. The lowest BCUT2D eigenvalue weighted by Gasteiger charge is -2.17. The Morgan fingerprint density at radius 2 is 1.54 bits per heavy atom. The number of Topliss-reactive ketones (excluding diaryl/α,β-unsaturated/α-hetero) is 1. The first kappa shape index (κ1) is 21.1. The third kappa shape index (κ3) is 6.51. The van der Waals surface area contributed by atoms with Crippen molar-refractivity contribution in [2.75, 3.05) is 37.4 Å². The Balaban J connectivity index is 1.87. The molecule has 0 aliphatic rings. The van der Waals surface area contributed by atoms with Gasteiger partial charge in [-0.2, -0.15) is 0 Å². The van der Waals surface area contributed by atoms with Gasteiger partial charge < -0.3 is 20.3 Å². The van der Waals surface area contributed by atoms with Crippen molar-refractivity contribution in [3.63, 3.8) is 0 Å². The number of anilines is 2. The minimum atomic E-state index is -0.193. The van der Waals surface area contributed by atoms with Crippen LogP contribution in [0.15, 0.2) is 48.5 Å². The van der Waals surface area contributed by atoms with E-state index in [-0.39, 0.29) is 30.7 Å². The average molecular weight is 384 g/mol. The number of hydrogen-bond acceptors (Lipinski definition) is 4. The van der Waals surface area contributed by atoms with Crippen molar-refractivity contribution in [3.05, 3.63) is 54.1 Å². The van der Waals surface area contributed by atoms with Gasteiger partial charge in [0.2, 0.25) is 0 Å². The molecule has 0 heterocycles. The molecule has 2 aromatic rings. The maximum absolute atomic E-state index is 12.3. The molecule has 148 valence electrons. The number of hydrogen-bond donors (Lipinski definition) is 3. The lowest BCUT2D eigenvalue weighted by Crippen LogP contribution is -3.13. The van der Waals surface area contributed by atoms with Gasteiger partial charge in [0.1, 0.15) is 5.75 Å². The molecule has 7 nitrogen and oxygen atoms in total. The van der Waals surface area contributed by atoms with Gasteiger partial charge >= 0.3 is 0 Å². The monoisotopic (exact) mass is 384 g/mol. The van der Waals surface area contributed by atoms with Crippen LogP contribution in [-0.4, -0.2) is 44.3 Å². The van der Waals surface area contributed by atoms with Gasteiger partial charge in [-0.1, -0.05) is 6.07 Å². The predicted molar refractivity (Wildman–Crippen MR) is 108 cm³/mol. The predicted octanol–water partition coefficient (Wildman–Crippen LogP) is 1.38. The fraction of sp³-hybridized carbons (Fsp3) is 0.286. The third-order valence-corrected chi connectivity index (χ3v) is 4.25. The van der Waals surface area contributed by atoms with Crippen molar-refractivity contribution in [2.24, 2.45) is 0 Å². The standard InChI is InChI=1S/C21H25N3O4/c1-4-24(14-21(27)23-18-6-5-7-19(12-18)28-3)13-20(26)22-17-10-8-16(9-11-17)15(2)25/h5-12H,4,13-14H2,1-3H3,(H,22,26)(H,23,27)/p+1. The van der Waals surface area contributed by atoms with Crippen LogP contribution in [0, 0.1) is 0 Å². The zero-order valence-corrected chi connectivity index (χ0v) is 16.4. The van der Waals surface area contributed by atoms with E-state index in [1.54, 1.807) is 55.6 Å². The summed E-state index contributed by atoms with van der Waals surface area (Å²) < 4.78 is 5.14. The molecule has 0 aromatic heterocycles. The van der Waals surface area contributed by atoms with E-state index in [0.717, 1.165) is 4.90 Å². The van der Waals surface area contributed by atoms with Gasteiger partial charge in [-0.25, -0.2) is 0 Å². The summed E-state index contributed by atoms with van der Waals surface area (Å²) in [5.74, 6) is 0.263. The van der Waals surface area contributed by atoms with Gasteiger partial charge in [-0.05, 0) is 50.2 Å². The normalized spacial score (nSPS) is 11.4. The molecule has 2 aromatic carbocycles. The first-order valence-electron chi connectivity index (χ1n) is 9.09. The molecule has 0 radical (unpaired) electrons. The van der Waals surface area contributed by atoms with Crippen molar-refractivity contribution < 1.29 is 24.0 Å². The second-order valence-electron chi connectivity index (χ2n) is 6.42. The Morgan fingerprint density at radius 3 is 2.07 bits per heavy atom. The fourth-order valence-electron chi connectivity index (χ4n) is 2.67. The molecule has 0 saturated heterocycles. The highest BCUT2D eigenvalue weighted by Gasteiger charge is 2.17. The van der Waals surface area contributed by atoms with E-state index < -0.39 is 0 Å². The van der Waals surface area contributed by atoms with E-state index in [0.29, 0.717) is 29.2 Å². The number of amides is 2. The minimum Gasteiger partial charge on any atom is -0.497 e. The van der Waals surface area contributed by atoms with Gasteiger partial charge in [-0.3, -0.25) is 14.4 Å². The molecule has 28 heavy (non-hydrogen) atoms. The fourth-order valence-corrected chi connectivity index (χ4v) is 2.67. The summed E-state index contributed by atoms with van der Waals surface area (Å²) in [5.41, 5.74) is 1.86. The number of methoxy groups -OCH3 is 1. The SMILES string of the molecule is CC[NH+](CC(=O)Nc1ccc(C(C)=O)cc1)CC(=O)Nc1cccc(OC)c1. The van der Waals surface area contributed by atoms with Crippen molar-refractivity contribution >= 4 is 29.0 Å². The maximum atomic E-state index is 12.3. The number of rotatable bonds is 9. The molecule has 0 bridgehead atoms. The van der Waals surface area contributed by atoms with E-state index >= 15 is 0 Å². The van der Waals surface area contributed by atoms with Gasteiger partial charge in [0, 0.05) is 23.0 Å². The summed E-state index contributed by atoms with van der Waals surface area (Å²) in [4.78, 5) is 36.7. The van der Waals surface area contributed by atoms with E-state index in [2.05, 4.69) is 10.6 Å². The zero-order chi connectivity index (χ0) is 20.5. The van der Waals surface area contributed by atoms with Crippen LogP contribution in [0.5, 0.6) is 5.75 Å². The number of ketones is 1. The van der Waals surface area contributed by atoms with Crippen LogP contribution in [0.4, 0.5) is 11.4 Å². The molecule has 0 fully saturated rings. The number of carbonyl (C=O) groups is 3. The minimum absolute atomic E-state index is 0.0264. The molecule has 3 N–H and O–H groups in total. The van der Waals surface area contributed by atoms with Crippen molar-refractivity contribution in [3.8, 4) is 5.75 Å². The van der Waals surface area contributed by atoms with Crippen LogP contribution in [0.25, 0.3) is 0 Å². The number of likely N-dealkylation sites (N-methyl/N-ethyl adjacent to an activating group) is 1. The molecular formula is C21H26N3O4+. The molecule has 1 atom stereocenters. The topological polar surface area (TPSA) is 88.9 Å². The van der Waals surface area contributed by atoms with E-state index in [9.17, 15) is 14.4 Å². The van der Waals surface area contributed by atoms with Gasteiger partial charge in [0.15, 0.2) is 18.9 Å². The molecule has 1 unspecified atom stereocenters. The summed E-state index contributed by atoms with van der Waals surface area (Å²) in [7, 11) is 1.57. The molecule has 0 aliphatic heterocycles. The largest absolute Gasteiger partial charge is 0.497 e. The number of quaternary nitrogens is 1. The number of ether oxygens (including phenoxy) is 1. The zero-order valence-electron chi connectivity index (χ0n) is 16.4. The lowest BCUT2D eigenvalue weighted by molar-refractivity contribution is -0.881. The van der Waals surface area contributed by atoms with Crippen molar-refractivity contribution in [1.82, 2.24) is 0 Å². The average Bonchev–Trinajstić information content (AvgIpc) is 2.67. The third-order valence-electron chi connectivity index (χ3n) is 4.25. The van der Waals surface area contributed by atoms with Crippen LogP contribution in [0.2, 0.25) is 0 Å². The lowest BCUT2D eigenvalue weighted by atomic mass is 10.1. The van der Waals surface area contributed by atoms with Crippen LogP contribution >= 0.6 is 0 Å². The van der Waals surface area contributed by atoms with Gasteiger partial charge in [0.25, 0.3) is 11.8 Å². The smallest absolute Gasteiger partial charge is 0.279 e. The summed E-state index contributed by atoms with van der Waals surface area (Å²) in [6, 6.07) is 13.8. The number of benzene rings is 2. The number of nitrogens with one attached hydrogen (secondary N) is 3. The Morgan fingerprint density at radius 1 is 0.929 bits per heavy atom. The molecular weight excluding hydrogens is 358 g/mol. The summed E-state index contributed by atoms with van der Waals surface area (Å²) in [6.07, 6.45) is 0. The number of carbonyl (C=O) groups excluding carboxylic acids is 3. The molecule has 2 amide bonds. The maximum Gasteiger partial charge on any atom is 0.279 e. The van der Waals surface area contributed by atoms with Crippen molar-refractivity contribution in [2.45, 2.75) is 13.8 Å². The van der Waals surface area contributed by atoms with Crippen LogP contribution in [-0.2, 0) is 9.59 Å². The Bertz CT molecular complexity index is 834. The molecule has 0 spiro atoms. The van der Waals surface area contributed by atoms with Crippen molar-refractivity contribution in [1.29, 1.82) is 0 Å². The van der Waals surface area contributed by atoms with E-state index in [1.165, 1.54) is 6.92 Å². The van der Waals surface area contributed by atoms with E-state index in [4.69, 9.17) is 4.74 Å². The van der Waals surface area contributed by atoms with Gasteiger partial charge in [0.05, 0.1) is 13.7 Å². The second kappa shape index (κ2) is 10.2. The van der Waals surface area contributed by atoms with E-state index in [1.807, 2.05) is 6.92 Å². The Kier molecular flexibility index (Phi) is 7.71. The van der Waals surface area contributed by atoms with Crippen LogP contribution in [0.3, 0.4) is 0 Å². The Hall–Kier alpha value is -3.19. The van der Waals surface area contributed by atoms with Gasteiger partial charge in [-0.15, -0.1) is 0 Å². The summed E-state index contributed by atoms with van der Waals surface area (Å²) >= 11 is 0. The molecule has 7 heteroatoms. The molecule has 0 saturated carbocycles. The Labute approximate surface area is 164 Å². The highest BCUT2D eigenvalue weighted by atomic mass is 16.5. The summed E-state index contributed by atoms with van der Waals surface area (Å²) in [5, 5.41) is 5.61.